The van der Waals surface area contributed by atoms with Crippen molar-refractivity contribution < 1.29 is 26.3 Å². The van der Waals surface area contributed by atoms with Crippen LogP contribution in [0.5, 0.6) is 0 Å². The summed E-state index contributed by atoms with van der Waals surface area (Å²) in [5, 5.41) is 0. The third kappa shape index (κ3) is 2.06. The molecule has 0 aliphatic carbocycles. The second-order valence-electron chi connectivity index (χ2n) is 3.36. The third-order valence-electron chi connectivity index (χ3n) is 2.18. The van der Waals surface area contributed by atoms with Crippen LogP contribution < -0.4 is 0 Å². The van der Waals surface area contributed by atoms with E-state index in [1.54, 1.807) is 0 Å². The highest BCUT2D eigenvalue weighted by molar-refractivity contribution is 9.10. The van der Waals surface area contributed by atoms with Gasteiger partial charge in [-0.15, -0.1) is 0 Å². The lowest BCUT2D eigenvalue weighted by atomic mass is 10.2. The molecule has 0 fully saturated rings. The molecule has 0 amide bonds. The first-order chi connectivity index (χ1) is 8.12. The van der Waals surface area contributed by atoms with E-state index < -0.39 is 33.9 Å². The van der Waals surface area contributed by atoms with Crippen molar-refractivity contribution in [3.8, 4) is 0 Å². The van der Waals surface area contributed by atoms with E-state index in [1.807, 2.05) is 0 Å². The molecule has 0 aromatic carbocycles. The van der Waals surface area contributed by atoms with Crippen LogP contribution in [-0.4, -0.2) is 9.38 Å². The van der Waals surface area contributed by atoms with Crippen molar-refractivity contribution in [3.63, 3.8) is 0 Å². The molecule has 0 saturated carbocycles. The molecule has 2 nitrogen and oxygen atoms in total. The first-order valence-electron chi connectivity index (χ1n) is 4.43. The Morgan fingerprint density at radius 2 is 1.67 bits per heavy atom. The minimum absolute atomic E-state index is 0.368. The van der Waals surface area contributed by atoms with Gasteiger partial charge in [0, 0.05) is 6.20 Å². The summed E-state index contributed by atoms with van der Waals surface area (Å²) in [4.78, 5) is 3.09. The van der Waals surface area contributed by atoms with Crippen molar-refractivity contribution >= 4 is 21.4 Å². The number of hydrogen-bond donors (Lipinski definition) is 0. The molecule has 98 valence electrons. The van der Waals surface area contributed by atoms with Gasteiger partial charge in [-0.25, -0.2) is 4.98 Å². The van der Waals surface area contributed by atoms with Crippen LogP contribution in [0.4, 0.5) is 26.3 Å². The zero-order valence-corrected chi connectivity index (χ0v) is 9.86. The Labute approximate surface area is 104 Å². The van der Waals surface area contributed by atoms with Crippen molar-refractivity contribution in [1.29, 1.82) is 0 Å². The van der Waals surface area contributed by atoms with Crippen LogP contribution in [0.2, 0.25) is 0 Å². The van der Waals surface area contributed by atoms with E-state index in [-0.39, 0.29) is 0 Å². The van der Waals surface area contributed by atoms with E-state index in [0.717, 1.165) is 12.3 Å². The molecule has 0 N–H and O–H groups in total. The molecule has 9 heteroatoms. The molecular formula is C9H3BrF6N2. The summed E-state index contributed by atoms with van der Waals surface area (Å²) in [6.07, 6.45) is -8.71. The first-order valence-corrected chi connectivity index (χ1v) is 5.22. The Morgan fingerprint density at radius 1 is 1.06 bits per heavy atom. The molecule has 18 heavy (non-hydrogen) atoms. The second-order valence-corrected chi connectivity index (χ2v) is 4.11. The normalized spacial score (nSPS) is 13.3. The predicted octanol–water partition coefficient (Wildman–Crippen LogP) is 4.13. The van der Waals surface area contributed by atoms with Gasteiger partial charge in [0.2, 0.25) is 5.82 Å². The van der Waals surface area contributed by atoms with Gasteiger partial charge in [0.1, 0.15) is 4.60 Å². The molecule has 0 radical (unpaired) electrons. The Kier molecular flexibility index (Phi) is 2.84. The largest absolute Gasteiger partial charge is 0.450 e. The lowest BCUT2D eigenvalue weighted by Gasteiger charge is -2.10. The van der Waals surface area contributed by atoms with Gasteiger partial charge in [-0.2, -0.15) is 26.3 Å². The fourth-order valence-corrected chi connectivity index (χ4v) is 2.10. The molecule has 2 aromatic heterocycles. The quantitative estimate of drug-likeness (QED) is 0.663. The van der Waals surface area contributed by atoms with Gasteiger partial charge in [0.05, 0.1) is 11.1 Å². The van der Waals surface area contributed by atoms with Crippen molar-refractivity contribution in [3.05, 3.63) is 34.3 Å². The number of alkyl halides is 6. The molecule has 0 atom stereocenters. The fraction of sp³-hybridized carbons (Fsp3) is 0.222. The minimum atomic E-state index is -4.83. The maximum Gasteiger partial charge on any atom is 0.450 e. The van der Waals surface area contributed by atoms with Crippen LogP contribution in [0.1, 0.15) is 11.4 Å². The summed E-state index contributed by atoms with van der Waals surface area (Å²) >= 11 is 2.62. The zero-order chi connectivity index (χ0) is 13.7. The predicted molar refractivity (Wildman–Crippen MR) is 52.9 cm³/mol. The Morgan fingerprint density at radius 3 is 2.17 bits per heavy atom. The van der Waals surface area contributed by atoms with E-state index >= 15 is 0 Å². The maximum absolute atomic E-state index is 12.7. The highest BCUT2D eigenvalue weighted by Gasteiger charge is 2.40. The van der Waals surface area contributed by atoms with Crippen LogP contribution >= 0.6 is 15.9 Å². The number of imidazole rings is 1. The van der Waals surface area contributed by atoms with Crippen molar-refractivity contribution in [2.75, 3.05) is 0 Å². The Bertz CT molecular complexity index is 597. The molecule has 0 aliphatic heterocycles. The van der Waals surface area contributed by atoms with Gasteiger partial charge in [-0.1, -0.05) is 0 Å². The maximum atomic E-state index is 12.7. The highest BCUT2D eigenvalue weighted by Crippen LogP contribution is 2.38. The number of rotatable bonds is 0. The number of aromatic nitrogens is 2. The summed E-state index contributed by atoms with van der Waals surface area (Å²) in [5.41, 5.74) is -1.84. The van der Waals surface area contributed by atoms with Gasteiger partial charge < -0.3 is 0 Å². The van der Waals surface area contributed by atoms with E-state index in [0.29, 0.717) is 10.5 Å². The van der Waals surface area contributed by atoms with Crippen LogP contribution in [0, 0.1) is 0 Å². The van der Waals surface area contributed by atoms with Crippen LogP contribution in [0.25, 0.3) is 5.52 Å². The standard InChI is InChI=1S/C9H3BrF6N2/c10-6-5-4(8(11,12)13)2-1-3-18(5)7(17-6)9(14,15)16/h1-3H. The van der Waals surface area contributed by atoms with Crippen molar-refractivity contribution in [2.45, 2.75) is 12.4 Å². The molecule has 0 spiro atoms. The average Bonchev–Trinajstić information content (AvgIpc) is 2.54. The van der Waals surface area contributed by atoms with Gasteiger partial charge in [-0.3, -0.25) is 4.40 Å². The van der Waals surface area contributed by atoms with E-state index in [1.165, 1.54) is 0 Å². The third-order valence-corrected chi connectivity index (χ3v) is 2.73. The van der Waals surface area contributed by atoms with Gasteiger partial charge in [0.25, 0.3) is 0 Å². The molecular weight excluding hydrogens is 330 g/mol. The topological polar surface area (TPSA) is 17.3 Å². The summed E-state index contributed by atoms with van der Waals surface area (Å²) in [6.45, 7) is 0. The van der Waals surface area contributed by atoms with E-state index in [4.69, 9.17) is 0 Å². The van der Waals surface area contributed by atoms with Gasteiger partial charge >= 0.3 is 12.4 Å². The van der Waals surface area contributed by atoms with Crippen molar-refractivity contribution in [1.82, 2.24) is 9.38 Å². The summed E-state index contributed by atoms with van der Waals surface area (Å²) < 4.78 is 75.6. The van der Waals surface area contributed by atoms with Gasteiger partial charge in [-0.05, 0) is 28.1 Å². The summed E-state index contributed by atoms with van der Waals surface area (Å²) in [6, 6.07) is 1.58. The zero-order valence-electron chi connectivity index (χ0n) is 8.27. The lowest BCUT2D eigenvalue weighted by molar-refractivity contribution is -0.146. The first kappa shape index (κ1) is 13.2. The molecule has 2 aromatic rings. The number of nitrogens with zero attached hydrogens (tertiary/aromatic N) is 2. The number of fused-ring (bicyclic) bond motifs is 1. The van der Waals surface area contributed by atoms with Gasteiger partial charge in [0.15, 0.2) is 0 Å². The van der Waals surface area contributed by atoms with Crippen LogP contribution in [0.15, 0.2) is 22.9 Å². The lowest BCUT2D eigenvalue weighted by Crippen LogP contribution is -2.12. The van der Waals surface area contributed by atoms with E-state index in [2.05, 4.69) is 20.9 Å². The average molecular weight is 333 g/mol. The smallest absolute Gasteiger partial charge is 0.294 e. The van der Waals surface area contributed by atoms with E-state index in [9.17, 15) is 26.3 Å². The molecule has 0 unspecified atom stereocenters. The molecule has 0 bridgehead atoms. The Balaban J connectivity index is 2.85. The summed E-state index contributed by atoms with van der Waals surface area (Å²) in [5.74, 6) is -1.41. The molecule has 0 saturated heterocycles. The highest BCUT2D eigenvalue weighted by atomic mass is 79.9. The number of hydrogen-bond acceptors (Lipinski definition) is 1. The minimum Gasteiger partial charge on any atom is -0.294 e. The Hall–Kier alpha value is -1.25. The molecule has 2 rings (SSSR count). The van der Waals surface area contributed by atoms with Crippen LogP contribution in [0.3, 0.4) is 0 Å². The van der Waals surface area contributed by atoms with Crippen molar-refractivity contribution in [2.24, 2.45) is 0 Å². The fourth-order valence-electron chi connectivity index (χ4n) is 1.52. The molecule has 2 heterocycles. The number of halogens is 7. The molecule has 0 aliphatic rings. The van der Waals surface area contributed by atoms with Crippen LogP contribution in [-0.2, 0) is 12.4 Å². The second kappa shape index (κ2) is 3.87. The monoisotopic (exact) mass is 332 g/mol. The number of pyridine rings is 1. The summed E-state index contributed by atoms with van der Waals surface area (Å²) in [7, 11) is 0. The SMILES string of the molecule is FC(F)(F)c1cccn2c(C(F)(F)F)nc(Br)c12.